The van der Waals surface area contributed by atoms with Crippen LogP contribution in [0.4, 0.5) is 15.8 Å². The predicted octanol–water partition coefficient (Wildman–Crippen LogP) is 3.79. The molecule has 1 aliphatic rings. The summed E-state index contributed by atoms with van der Waals surface area (Å²) in [6, 6.07) is 8.26. The highest BCUT2D eigenvalue weighted by atomic mass is 32.2. The largest absolute Gasteiger partial charge is 0.373 e. The van der Waals surface area contributed by atoms with Gasteiger partial charge in [0.1, 0.15) is 11.5 Å². The molecule has 1 atom stereocenters. The summed E-state index contributed by atoms with van der Waals surface area (Å²) in [5.74, 6) is 0.372. The third kappa shape index (κ3) is 3.62. The number of nitrogens with one attached hydrogen (secondary N) is 1. The molecule has 3 rings (SSSR count). The Balaban J connectivity index is 2.00. The minimum atomic E-state index is -3.55. The number of nitrogens with zero attached hydrogens (tertiary/aromatic N) is 1. The molecule has 0 radical (unpaired) electrons. The van der Waals surface area contributed by atoms with E-state index in [9.17, 15) is 22.9 Å². The Labute approximate surface area is 148 Å². The van der Waals surface area contributed by atoms with Crippen molar-refractivity contribution in [3.8, 4) is 0 Å². The van der Waals surface area contributed by atoms with Crippen LogP contribution in [0.25, 0.3) is 0 Å². The Morgan fingerprint density at radius 2 is 2.08 bits per heavy atom. The zero-order chi connectivity index (χ0) is 18.2. The summed E-state index contributed by atoms with van der Waals surface area (Å²) in [4.78, 5) is 11.2. The fraction of sp³-hybridized carbons (Fsp3) is 0.250. The second-order valence-electron chi connectivity index (χ2n) is 5.70. The Bertz CT molecular complexity index is 947. The number of hydrogen-bond acceptors (Lipinski definition) is 6. The average molecular weight is 382 g/mol. The van der Waals surface area contributed by atoms with E-state index < -0.39 is 14.8 Å². The van der Waals surface area contributed by atoms with Crippen LogP contribution in [-0.2, 0) is 9.84 Å². The number of nitro benzene ring substituents is 1. The molecule has 25 heavy (non-hydrogen) atoms. The van der Waals surface area contributed by atoms with Crippen molar-refractivity contribution in [2.45, 2.75) is 22.3 Å². The SMILES string of the molecule is CS(=O)(=O)c1ccc(NC2CCSc3c(F)cccc32)c([N+](=O)[O-])c1. The number of thioether (sulfide) groups is 1. The lowest BCUT2D eigenvalue weighted by Crippen LogP contribution is -2.17. The summed E-state index contributed by atoms with van der Waals surface area (Å²) in [5.41, 5.74) is 0.640. The Morgan fingerprint density at radius 1 is 1.32 bits per heavy atom. The summed E-state index contributed by atoms with van der Waals surface area (Å²) < 4.78 is 37.2. The molecule has 1 unspecified atom stereocenters. The molecule has 0 fully saturated rings. The standard InChI is InChI=1S/C16H15FN2O4S2/c1-25(22,23)10-5-6-14(15(9-10)19(20)21)18-13-7-8-24-16-11(13)3-2-4-12(16)17/h2-6,9,13,18H,7-8H2,1H3. The molecule has 0 bridgehead atoms. The maximum Gasteiger partial charge on any atom is 0.293 e. The van der Waals surface area contributed by atoms with Crippen molar-refractivity contribution >= 4 is 33.0 Å². The zero-order valence-electron chi connectivity index (χ0n) is 13.2. The molecule has 6 nitrogen and oxygen atoms in total. The van der Waals surface area contributed by atoms with Crippen LogP contribution in [0.15, 0.2) is 46.2 Å². The van der Waals surface area contributed by atoms with Gasteiger partial charge in [-0.15, -0.1) is 11.8 Å². The number of fused-ring (bicyclic) bond motifs is 1. The van der Waals surface area contributed by atoms with Crippen molar-refractivity contribution in [1.82, 2.24) is 0 Å². The molecule has 1 heterocycles. The van der Waals surface area contributed by atoms with Crippen molar-refractivity contribution in [1.29, 1.82) is 0 Å². The molecule has 0 aromatic heterocycles. The first-order valence-corrected chi connectivity index (χ1v) is 10.3. The molecular formula is C16H15FN2O4S2. The summed E-state index contributed by atoms with van der Waals surface area (Å²) in [7, 11) is -3.55. The van der Waals surface area contributed by atoms with Gasteiger partial charge in [0.15, 0.2) is 9.84 Å². The molecular weight excluding hydrogens is 367 g/mol. The number of nitro groups is 1. The van der Waals surface area contributed by atoms with Gasteiger partial charge in [0.2, 0.25) is 0 Å². The molecule has 0 spiro atoms. The first-order valence-electron chi connectivity index (χ1n) is 7.43. The normalized spacial score (nSPS) is 17.0. The molecule has 132 valence electrons. The van der Waals surface area contributed by atoms with Crippen molar-refractivity contribution in [3.05, 3.63) is 57.9 Å². The average Bonchev–Trinajstić information content (AvgIpc) is 2.55. The topological polar surface area (TPSA) is 89.3 Å². The van der Waals surface area contributed by atoms with Gasteiger partial charge in [-0.25, -0.2) is 12.8 Å². The smallest absolute Gasteiger partial charge is 0.293 e. The monoisotopic (exact) mass is 382 g/mol. The highest BCUT2D eigenvalue weighted by Crippen LogP contribution is 2.40. The van der Waals surface area contributed by atoms with Gasteiger partial charge in [0, 0.05) is 23.0 Å². The first kappa shape index (κ1) is 17.7. The van der Waals surface area contributed by atoms with E-state index in [0.29, 0.717) is 17.1 Å². The number of benzene rings is 2. The third-order valence-electron chi connectivity index (χ3n) is 3.95. The fourth-order valence-corrected chi connectivity index (χ4v) is 4.52. The number of halogens is 1. The molecule has 0 amide bonds. The predicted molar refractivity (Wildman–Crippen MR) is 94.3 cm³/mol. The van der Waals surface area contributed by atoms with Crippen LogP contribution < -0.4 is 5.32 Å². The molecule has 2 aromatic rings. The maximum atomic E-state index is 14.0. The fourth-order valence-electron chi connectivity index (χ4n) is 2.74. The van der Waals surface area contributed by atoms with Crippen molar-refractivity contribution in [2.75, 3.05) is 17.3 Å². The van der Waals surface area contributed by atoms with Crippen LogP contribution >= 0.6 is 11.8 Å². The van der Waals surface area contributed by atoms with Crippen molar-refractivity contribution in [3.63, 3.8) is 0 Å². The molecule has 9 heteroatoms. The van der Waals surface area contributed by atoms with E-state index in [0.717, 1.165) is 17.9 Å². The molecule has 0 saturated heterocycles. The van der Waals surface area contributed by atoms with Gasteiger partial charge in [-0.1, -0.05) is 12.1 Å². The van der Waals surface area contributed by atoms with Crippen LogP contribution in [0.5, 0.6) is 0 Å². The second-order valence-corrected chi connectivity index (χ2v) is 8.82. The van der Waals surface area contributed by atoms with Crippen molar-refractivity contribution in [2.24, 2.45) is 0 Å². The van der Waals surface area contributed by atoms with E-state index in [1.165, 1.54) is 30.0 Å². The molecule has 2 aromatic carbocycles. The van der Waals surface area contributed by atoms with E-state index in [2.05, 4.69) is 5.32 Å². The molecule has 0 aliphatic carbocycles. The Morgan fingerprint density at radius 3 is 2.76 bits per heavy atom. The lowest BCUT2D eigenvalue weighted by atomic mass is 10.0. The lowest BCUT2D eigenvalue weighted by Gasteiger charge is -2.27. The number of sulfone groups is 1. The van der Waals surface area contributed by atoms with Gasteiger partial charge in [-0.05, 0) is 30.2 Å². The van der Waals surface area contributed by atoms with E-state index in [1.807, 2.05) is 0 Å². The highest BCUT2D eigenvalue weighted by molar-refractivity contribution is 7.99. The van der Waals surface area contributed by atoms with Crippen LogP contribution in [0.2, 0.25) is 0 Å². The van der Waals surface area contributed by atoms with Crippen LogP contribution in [0, 0.1) is 15.9 Å². The van der Waals surface area contributed by atoms with Gasteiger partial charge in [-0.3, -0.25) is 10.1 Å². The van der Waals surface area contributed by atoms with E-state index in [-0.39, 0.29) is 28.1 Å². The van der Waals surface area contributed by atoms with E-state index in [4.69, 9.17) is 0 Å². The maximum absolute atomic E-state index is 14.0. The van der Waals surface area contributed by atoms with Gasteiger partial charge in [0.25, 0.3) is 5.69 Å². The zero-order valence-corrected chi connectivity index (χ0v) is 14.9. The minimum Gasteiger partial charge on any atom is -0.373 e. The van der Waals surface area contributed by atoms with E-state index >= 15 is 0 Å². The van der Waals surface area contributed by atoms with Crippen LogP contribution in [-0.4, -0.2) is 25.3 Å². The summed E-state index contributed by atoms with van der Waals surface area (Å²) >= 11 is 1.42. The molecule has 1 N–H and O–H groups in total. The van der Waals surface area contributed by atoms with Gasteiger partial charge in [0.05, 0.1) is 15.9 Å². The summed E-state index contributed by atoms with van der Waals surface area (Å²) in [6.45, 7) is 0. The molecule has 1 aliphatic heterocycles. The van der Waals surface area contributed by atoms with Crippen LogP contribution in [0.1, 0.15) is 18.0 Å². The number of anilines is 1. The van der Waals surface area contributed by atoms with Gasteiger partial charge >= 0.3 is 0 Å². The summed E-state index contributed by atoms with van der Waals surface area (Å²) in [6.07, 6.45) is 1.67. The Kier molecular flexibility index (Phi) is 4.70. The van der Waals surface area contributed by atoms with Crippen molar-refractivity contribution < 1.29 is 17.7 Å². The Hall–Kier alpha value is -2.13. The van der Waals surface area contributed by atoms with Crippen LogP contribution in [0.3, 0.4) is 0 Å². The number of rotatable bonds is 4. The summed E-state index contributed by atoms with van der Waals surface area (Å²) in [5, 5.41) is 14.4. The minimum absolute atomic E-state index is 0.115. The quantitative estimate of drug-likeness (QED) is 0.639. The molecule has 0 saturated carbocycles. The first-order chi connectivity index (χ1) is 11.8. The van der Waals surface area contributed by atoms with Gasteiger partial charge < -0.3 is 5.32 Å². The number of hydrogen-bond donors (Lipinski definition) is 1. The van der Waals surface area contributed by atoms with E-state index in [1.54, 1.807) is 12.1 Å². The van der Waals surface area contributed by atoms with Gasteiger partial charge in [-0.2, -0.15) is 0 Å². The second kappa shape index (κ2) is 6.64. The third-order valence-corrected chi connectivity index (χ3v) is 6.22. The lowest BCUT2D eigenvalue weighted by molar-refractivity contribution is -0.384. The highest BCUT2D eigenvalue weighted by Gasteiger charge is 2.26.